The Labute approximate surface area is 197 Å². The number of alkyl halides is 3. The van der Waals surface area contributed by atoms with E-state index in [1.807, 2.05) is 11.8 Å². The fourth-order valence-electron chi connectivity index (χ4n) is 5.01. The highest BCUT2D eigenvalue weighted by Gasteiger charge is 2.33. The number of piperidine rings is 1. The van der Waals surface area contributed by atoms with Crippen LogP contribution in [0.25, 0.3) is 11.4 Å². The van der Waals surface area contributed by atoms with Crippen molar-refractivity contribution in [3.05, 3.63) is 35.7 Å². The van der Waals surface area contributed by atoms with Gasteiger partial charge in [-0.15, -0.1) is 0 Å². The van der Waals surface area contributed by atoms with E-state index in [9.17, 15) is 18.0 Å². The largest absolute Gasteiger partial charge is 0.416 e. The molecule has 4 rings (SSSR count). The summed E-state index contributed by atoms with van der Waals surface area (Å²) in [5.41, 5.74) is -0.482. The predicted octanol–water partition coefficient (Wildman–Crippen LogP) is 4.22. The SMILES string of the molecule is CC(c1nc(-c2cccc(C(F)(F)F)c2)no1)N1CCN(CC(=O)N2C(C)CCCC2C)CC1. The molecule has 2 saturated heterocycles. The lowest BCUT2D eigenvalue weighted by molar-refractivity contribution is -0.139. The molecule has 0 bridgehead atoms. The molecule has 1 aromatic heterocycles. The molecule has 7 nitrogen and oxygen atoms in total. The van der Waals surface area contributed by atoms with E-state index in [4.69, 9.17) is 4.52 Å². The lowest BCUT2D eigenvalue weighted by Crippen LogP contribution is -2.54. The van der Waals surface area contributed by atoms with Gasteiger partial charge in [0.15, 0.2) is 0 Å². The van der Waals surface area contributed by atoms with E-state index in [0.29, 0.717) is 24.5 Å². The predicted molar refractivity (Wildman–Crippen MR) is 121 cm³/mol. The van der Waals surface area contributed by atoms with Crippen LogP contribution < -0.4 is 0 Å². The number of piperazine rings is 1. The number of nitrogens with zero attached hydrogens (tertiary/aromatic N) is 5. The van der Waals surface area contributed by atoms with Gasteiger partial charge < -0.3 is 9.42 Å². The Morgan fingerprint density at radius 3 is 2.47 bits per heavy atom. The molecule has 3 atom stereocenters. The van der Waals surface area contributed by atoms with E-state index in [2.05, 4.69) is 33.8 Å². The summed E-state index contributed by atoms with van der Waals surface area (Å²) in [5, 5.41) is 3.91. The summed E-state index contributed by atoms with van der Waals surface area (Å²) in [4.78, 5) is 23.7. The molecule has 0 saturated carbocycles. The Bertz CT molecular complexity index is 977. The third-order valence-corrected chi connectivity index (χ3v) is 7.04. The van der Waals surface area contributed by atoms with Crippen molar-refractivity contribution in [2.75, 3.05) is 32.7 Å². The monoisotopic (exact) mass is 479 g/mol. The van der Waals surface area contributed by atoms with E-state index < -0.39 is 11.7 Å². The number of likely N-dealkylation sites (tertiary alicyclic amines) is 1. The third kappa shape index (κ3) is 5.43. The zero-order chi connectivity index (χ0) is 24.5. The van der Waals surface area contributed by atoms with Crippen LogP contribution in [0.1, 0.15) is 57.5 Å². The number of benzene rings is 1. The molecule has 0 N–H and O–H groups in total. The van der Waals surface area contributed by atoms with Gasteiger partial charge in [0.05, 0.1) is 18.2 Å². The van der Waals surface area contributed by atoms with Gasteiger partial charge in [0.2, 0.25) is 17.6 Å². The van der Waals surface area contributed by atoms with Gasteiger partial charge in [0.25, 0.3) is 0 Å². The minimum absolute atomic E-state index is 0.141. The molecule has 2 aliphatic rings. The van der Waals surface area contributed by atoms with Crippen molar-refractivity contribution in [3.8, 4) is 11.4 Å². The first kappa shape index (κ1) is 24.7. The zero-order valence-corrected chi connectivity index (χ0v) is 19.9. The number of rotatable bonds is 5. The normalized spacial score (nSPS) is 23.8. The summed E-state index contributed by atoms with van der Waals surface area (Å²) >= 11 is 0. The minimum Gasteiger partial charge on any atom is -0.337 e. The molecule has 0 spiro atoms. The Morgan fingerprint density at radius 1 is 1.15 bits per heavy atom. The lowest BCUT2D eigenvalue weighted by atomic mass is 9.97. The van der Waals surface area contributed by atoms with Gasteiger partial charge in [-0.25, -0.2) is 0 Å². The van der Waals surface area contributed by atoms with Crippen LogP contribution in [0, 0.1) is 0 Å². The summed E-state index contributed by atoms with van der Waals surface area (Å²) in [6, 6.07) is 5.33. The fourth-order valence-corrected chi connectivity index (χ4v) is 5.01. The van der Waals surface area contributed by atoms with Gasteiger partial charge >= 0.3 is 6.18 Å². The molecule has 3 heterocycles. The number of halogens is 3. The van der Waals surface area contributed by atoms with E-state index in [1.165, 1.54) is 18.6 Å². The van der Waals surface area contributed by atoms with Crippen LogP contribution in [0.5, 0.6) is 0 Å². The summed E-state index contributed by atoms with van der Waals surface area (Å²) < 4.78 is 44.4. The molecule has 2 aliphatic heterocycles. The number of hydrogen-bond acceptors (Lipinski definition) is 6. The average Bonchev–Trinajstić information content (AvgIpc) is 3.29. The summed E-state index contributed by atoms with van der Waals surface area (Å²) in [5.74, 6) is 0.707. The van der Waals surface area contributed by atoms with E-state index >= 15 is 0 Å². The minimum atomic E-state index is -4.43. The lowest BCUT2D eigenvalue weighted by Gasteiger charge is -2.41. The Kier molecular flexibility index (Phi) is 7.28. The van der Waals surface area contributed by atoms with Crippen molar-refractivity contribution in [1.29, 1.82) is 0 Å². The summed E-state index contributed by atoms with van der Waals surface area (Å²) in [6.07, 6.45) is -1.13. The van der Waals surface area contributed by atoms with Crippen molar-refractivity contribution in [2.24, 2.45) is 0 Å². The van der Waals surface area contributed by atoms with Gasteiger partial charge in [-0.05, 0) is 52.2 Å². The molecule has 1 aromatic carbocycles. The number of carbonyl (C=O) groups is 1. The smallest absolute Gasteiger partial charge is 0.337 e. The molecule has 0 aliphatic carbocycles. The molecule has 3 unspecified atom stereocenters. The quantitative estimate of drug-likeness (QED) is 0.640. The number of aromatic nitrogens is 2. The molecule has 2 aromatic rings. The van der Waals surface area contributed by atoms with Crippen LogP contribution in [0.15, 0.2) is 28.8 Å². The molecule has 186 valence electrons. The second kappa shape index (κ2) is 10.0. The van der Waals surface area contributed by atoms with Gasteiger partial charge in [-0.2, -0.15) is 18.2 Å². The molecular weight excluding hydrogens is 447 g/mol. The van der Waals surface area contributed by atoms with Crippen LogP contribution in [-0.4, -0.2) is 75.6 Å². The second-order valence-corrected chi connectivity index (χ2v) is 9.45. The first-order chi connectivity index (χ1) is 16.1. The maximum atomic E-state index is 13.0. The van der Waals surface area contributed by atoms with Crippen LogP contribution in [-0.2, 0) is 11.0 Å². The van der Waals surface area contributed by atoms with E-state index in [0.717, 1.165) is 51.2 Å². The van der Waals surface area contributed by atoms with Crippen LogP contribution in [0.4, 0.5) is 13.2 Å². The Balaban J connectivity index is 1.33. The fraction of sp³-hybridized carbons (Fsp3) is 0.625. The molecule has 2 fully saturated rings. The first-order valence-corrected chi connectivity index (χ1v) is 11.9. The van der Waals surface area contributed by atoms with Crippen LogP contribution in [0.2, 0.25) is 0 Å². The van der Waals surface area contributed by atoms with Gasteiger partial charge in [-0.3, -0.25) is 14.6 Å². The first-order valence-electron chi connectivity index (χ1n) is 11.9. The van der Waals surface area contributed by atoms with Crippen molar-refractivity contribution in [2.45, 2.75) is 64.3 Å². The molecular formula is C24H32F3N5O2. The maximum absolute atomic E-state index is 13.0. The van der Waals surface area contributed by atoms with Crippen LogP contribution in [0.3, 0.4) is 0 Å². The molecule has 1 amide bonds. The van der Waals surface area contributed by atoms with Gasteiger partial charge in [-0.1, -0.05) is 17.3 Å². The zero-order valence-electron chi connectivity index (χ0n) is 19.9. The van der Waals surface area contributed by atoms with Crippen LogP contribution >= 0.6 is 0 Å². The van der Waals surface area contributed by atoms with Gasteiger partial charge in [0, 0.05) is 43.8 Å². The van der Waals surface area contributed by atoms with Crippen molar-refractivity contribution in [3.63, 3.8) is 0 Å². The maximum Gasteiger partial charge on any atom is 0.416 e. The second-order valence-electron chi connectivity index (χ2n) is 9.45. The van der Waals surface area contributed by atoms with E-state index in [-0.39, 0.29) is 23.3 Å². The van der Waals surface area contributed by atoms with Crippen molar-refractivity contribution in [1.82, 2.24) is 24.8 Å². The number of hydrogen-bond donors (Lipinski definition) is 0. The number of amides is 1. The number of carbonyl (C=O) groups excluding carboxylic acids is 1. The molecule has 0 radical (unpaired) electrons. The third-order valence-electron chi connectivity index (χ3n) is 7.04. The van der Waals surface area contributed by atoms with E-state index in [1.54, 1.807) is 0 Å². The summed E-state index contributed by atoms with van der Waals surface area (Å²) in [7, 11) is 0. The molecule has 10 heteroatoms. The standard InChI is InChI=1S/C24H32F3N5O2/c1-16-6-4-7-17(2)32(16)21(33)15-30-10-12-31(13-11-30)18(3)23-28-22(29-34-23)19-8-5-9-20(14-19)24(25,26)27/h5,8-9,14,16-18H,4,6-7,10-13,15H2,1-3H3. The molecule has 34 heavy (non-hydrogen) atoms. The van der Waals surface area contributed by atoms with Gasteiger partial charge in [0.1, 0.15) is 0 Å². The topological polar surface area (TPSA) is 65.7 Å². The summed E-state index contributed by atoms with van der Waals surface area (Å²) in [6.45, 7) is 9.61. The highest BCUT2D eigenvalue weighted by atomic mass is 19.4. The highest BCUT2D eigenvalue weighted by molar-refractivity contribution is 5.79. The van der Waals surface area contributed by atoms with Crippen molar-refractivity contribution >= 4 is 5.91 Å². The highest BCUT2D eigenvalue weighted by Crippen LogP contribution is 2.32. The Hall–Kier alpha value is -2.46. The average molecular weight is 480 g/mol. The van der Waals surface area contributed by atoms with Crippen molar-refractivity contribution < 1.29 is 22.5 Å². The Morgan fingerprint density at radius 2 is 1.82 bits per heavy atom.